The molecule has 1 aliphatic rings. The number of benzene rings is 2. The van der Waals surface area contributed by atoms with E-state index < -0.39 is 0 Å². The topological polar surface area (TPSA) is 42.3 Å². The van der Waals surface area contributed by atoms with E-state index >= 15 is 0 Å². The van der Waals surface area contributed by atoms with Crippen LogP contribution in [0.4, 0.5) is 5.69 Å². The second-order valence-electron chi connectivity index (χ2n) is 8.27. The Hall–Kier alpha value is -3.64. The number of thiocarbonyl (C=S) groups is 1. The van der Waals surface area contributed by atoms with Gasteiger partial charge in [-0.2, -0.15) is 0 Å². The van der Waals surface area contributed by atoms with Crippen LogP contribution in [-0.2, 0) is 0 Å². The zero-order valence-corrected chi connectivity index (χ0v) is 19.7. The quantitative estimate of drug-likeness (QED) is 0.393. The maximum absolute atomic E-state index is 5.88. The lowest BCUT2D eigenvalue weighted by Crippen LogP contribution is -2.30. The fourth-order valence-corrected chi connectivity index (χ4v) is 4.79. The van der Waals surface area contributed by atoms with Crippen LogP contribution >= 0.6 is 12.2 Å². The minimum absolute atomic E-state index is 0.0873. The van der Waals surface area contributed by atoms with Crippen molar-refractivity contribution >= 4 is 23.0 Å². The molecule has 0 unspecified atom stereocenters. The van der Waals surface area contributed by atoms with Crippen LogP contribution in [0.2, 0.25) is 0 Å². The number of aromatic nitrogens is 2. The van der Waals surface area contributed by atoms with Crippen molar-refractivity contribution in [1.82, 2.24) is 14.9 Å². The minimum atomic E-state index is -0.0976. The van der Waals surface area contributed by atoms with E-state index in [0.29, 0.717) is 5.11 Å². The fraction of sp³-hybridized carbons (Fsp3) is 0.185. The molecule has 6 heteroatoms. The van der Waals surface area contributed by atoms with E-state index in [-0.39, 0.29) is 12.1 Å². The number of nitrogens with zero attached hydrogens (tertiary/aromatic N) is 3. The van der Waals surface area contributed by atoms with Gasteiger partial charge in [0.15, 0.2) is 5.11 Å². The van der Waals surface area contributed by atoms with Crippen molar-refractivity contribution in [3.05, 3.63) is 108 Å². The smallest absolute Gasteiger partial charge is 0.174 e. The Labute approximate surface area is 199 Å². The second-order valence-corrected chi connectivity index (χ2v) is 8.66. The molecule has 33 heavy (non-hydrogen) atoms. The van der Waals surface area contributed by atoms with Crippen molar-refractivity contribution in [3.8, 4) is 11.4 Å². The highest BCUT2D eigenvalue weighted by Gasteiger charge is 2.42. The van der Waals surface area contributed by atoms with Crippen molar-refractivity contribution in [1.29, 1.82) is 0 Å². The predicted molar refractivity (Wildman–Crippen MR) is 136 cm³/mol. The summed E-state index contributed by atoms with van der Waals surface area (Å²) in [7, 11) is 1.69. The monoisotopic (exact) mass is 454 g/mol. The summed E-state index contributed by atoms with van der Waals surface area (Å²) in [4.78, 5) is 6.88. The second kappa shape index (κ2) is 8.71. The van der Waals surface area contributed by atoms with E-state index in [1.165, 1.54) is 11.1 Å². The van der Waals surface area contributed by atoms with E-state index in [2.05, 4.69) is 82.3 Å². The van der Waals surface area contributed by atoms with E-state index in [0.717, 1.165) is 28.5 Å². The molecule has 1 aliphatic heterocycles. The molecule has 0 spiro atoms. The average Bonchev–Trinajstić information content (AvgIpc) is 3.46. The summed E-state index contributed by atoms with van der Waals surface area (Å²) in [6.45, 7) is 4.26. The fourth-order valence-electron chi connectivity index (χ4n) is 4.44. The van der Waals surface area contributed by atoms with Crippen molar-refractivity contribution in [2.45, 2.75) is 25.9 Å². The first-order chi connectivity index (χ1) is 16.1. The van der Waals surface area contributed by atoms with Crippen LogP contribution in [0.5, 0.6) is 5.75 Å². The van der Waals surface area contributed by atoms with Crippen LogP contribution in [0, 0.1) is 13.8 Å². The van der Waals surface area contributed by atoms with Gasteiger partial charge in [0.1, 0.15) is 11.8 Å². The molecule has 2 aromatic carbocycles. The number of hydrogen-bond acceptors (Lipinski definition) is 3. The number of hydrogen-bond donors (Lipinski definition) is 1. The first-order valence-electron chi connectivity index (χ1n) is 11.0. The van der Waals surface area contributed by atoms with Crippen LogP contribution in [0.1, 0.15) is 34.6 Å². The molecule has 0 amide bonds. The Morgan fingerprint density at radius 1 is 0.909 bits per heavy atom. The molecule has 0 saturated carbocycles. The van der Waals surface area contributed by atoms with Crippen molar-refractivity contribution in [2.75, 3.05) is 12.0 Å². The molecule has 3 heterocycles. The standard InChI is InChI=1S/C27H26N4OS/c1-18-12-13-21(16-19(18)2)31-26(25(29-27(31)33)23-10-4-5-14-28-23)24-11-7-15-30(24)20-8-6-9-22(17-20)32-3/h4-17,25-26H,1-3H3,(H,29,33)/t25-,26-/m0/s1. The lowest BCUT2D eigenvalue weighted by Gasteiger charge is -2.29. The van der Waals surface area contributed by atoms with Gasteiger partial charge in [-0.15, -0.1) is 0 Å². The van der Waals surface area contributed by atoms with Gasteiger partial charge in [0.25, 0.3) is 0 Å². The highest BCUT2D eigenvalue weighted by Crippen LogP contribution is 2.42. The molecule has 0 aliphatic carbocycles. The van der Waals surface area contributed by atoms with Gasteiger partial charge < -0.3 is 19.5 Å². The largest absolute Gasteiger partial charge is 0.497 e. The highest BCUT2D eigenvalue weighted by atomic mass is 32.1. The number of ether oxygens (including phenoxy) is 1. The van der Waals surface area contributed by atoms with Gasteiger partial charge in [-0.05, 0) is 85.7 Å². The minimum Gasteiger partial charge on any atom is -0.497 e. The Kier molecular flexibility index (Phi) is 5.60. The van der Waals surface area contributed by atoms with Gasteiger partial charge in [0.2, 0.25) is 0 Å². The van der Waals surface area contributed by atoms with Crippen molar-refractivity contribution in [2.24, 2.45) is 0 Å². The molecule has 2 aromatic heterocycles. The van der Waals surface area contributed by atoms with Gasteiger partial charge in [-0.25, -0.2) is 0 Å². The third kappa shape index (κ3) is 3.87. The number of pyridine rings is 1. The van der Waals surface area contributed by atoms with E-state index in [1.807, 2.05) is 36.5 Å². The lowest BCUT2D eigenvalue weighted by molar-refractivity contribution is 0.414. The zero-order valence-electron chi connectivity index (χ0n) is 18.9. The average molecular weight is 455 g/mol. The number of aryl methyl sites for hydroxylation is 2. The molecular weight excluding hydrogens is 428 g/mol. The molecule has 1 fully saturated rings. The molecule has 2 atom stereocenters. The number of rotatable bonds is 5. The van der Waals surface area contributed by atoms with Crippen LogP contribution < -0.4 is 15.0 Å². The number of anilines is 1. The lowest BCUT2D eigenvalue weighted by atomic mass is 10.00. The first kappa shape index (κ1) is 21.2. The molecule has 4 aromatic rings. The third-order valence-corrected chi connectivity index (χ3v) is 6.60. The SMILES string of the molecule is COc1cccc(-n2cccc2[C@H]2[C@H](c3ccccn3)NC(=S)N2c2ccc(C)c(C)c2)c1. The summed E-state index contributed by atoms with van der Waals surface area (Å²) in [5.41, 5.74) is 6.66. The Balaban J connectivity index is 1.67. The molecular formula is C27H26N4OS. The van der Waals surface area contributed by atoms with Crippen LogP contribution in [0.3, 0.4) is 0 Å². The van der Waals surface area contributed by atoms with E-state index in [9.17, 15) is 0 Å². The normalized spacial score (nSPS) is 17.8. The predicted octanol–water partition coefficient (Wildman–Crippen LogP) is 5.67. The molecule has 0 radical (unpaired) electrons. The summed E-state index contributed by atoms with van der Waals surface area (Å²) >= 11 is 5.88. The van der Waals surface area contributed by atoms with Crippen LogP contribution in [0.15, 0.2) is 85.2 Å². The maximum atomic E-state index is 5.88. The van der Waals surface area contributed by atoms with Crippen molar-refractivity contribution < 1.29 is 4.74 Å². The molecule has 5 nitrogen and oxygen atoms in total. The van der Waals surface area contributed by atoms with Gasteiger partial charge in [-0.1, -0.05) is 18.2 Å². The summed E-state index contributed by atoms with van der Waals surface area (Å²) in [6, 6.07) is 24.6. The van der Waals surface area contributed by atoms with Gasteiger partial charge >= 0.3 is 0 Å². The maximum Gasteiger partial charge on any atom is 0.174 e. The van der Waals surface area contributed by atoms with Gasteiger partial charge in [0, 0.05) is 35.5 Å². The third-order valence-electron chi connectivity index (χ3n) is 6.28. The first-order valence-corrected chi connectivity index (χ1v) is 11.4. The summed E-state index contributed by atoms with van der Waals surface area (Å²) in [5, 5.41) is 4.24. The summed E-state index contributed by atoms with van der Waals surface area (Å²) < 4.78 is 7.67. The van der Waals surface area contributed by atoms with Crippen molar-refractivity contribution in [3.63, 3.8) is 0 Å². The number of methoxy groups -OCH3 is 1. The molecule has 1 N–H and O–H groups in total. The summed E-state index contributed by atoms with van der Waals surface area (Å²) in [6.07, 6.45) is 3.91. The van der Waals surface area contributed by atoms with Crippen LogP contribution in [0.25, 0.3) is 5.69 Å². The Morgan fingerprint density at radius 2 is 1.79 bits per heavy atom. The molecule has 0 bridgehead atoms. The van der Waals surface area contributed by atoms with E-state index in [1.54, 1.807) is 7.11 Å². The van der Waals surface area contributed by atoms with Crippen LogP contribution in [-0.4, -0.2) is 21.8 Å². The highest BCUT2D eigenvalue weighted by molar-refractivity contribution is 7.80. The molecule has 5 rings (SSSR count). The van der Waals surface area contributed by atoms with Gasteiger partial charge in [-0.3, -0.25) is 4.98 Å². The number of nitrogens with one attached hydrogen (secondary N) is 1. The molecule has 1 saturated heterocycles. The zero-order chi connectivity index (χ0) is 22.9. The Morgan fingerprint density at radius 3 is 2.55 bits per heavy atom. The Bertz CT molecular complexity index is 1300. The molecule has 166 valence electrons. The van der Waals surface area contributed by atoms with E-state index in [4.69, 9.17) is 17.0 Å². The summed E-state index contributed by atoms with van der Waals surface area (Å²) in [5.74, 6) is 0.819. The van der Waals surface area contributed by atoms with Gasteiger partial charge in [0.05, 0.1) is 18.8 Å².